The minimum atomic E-state index is -0.280. The number of rotatable bonds is 5. The van der Waals surface area contributed by atoms with Crippen molar-refractivity contribution < 1.29 is 14.3 Å². The molecule has 0 spiro atoms. The van der Waals surface area contributed by atoms with Crippen molar-refractivity contribution in [1.29, 1.82) is 0 Å². The van der Waals surface area contributed by atoms with Gasteiger partial charge in [0.1, 0.15) is 11.6 Å². The Bertz CT molecular complexity index is 713. The highest BCUT2D eigenvalue weighted by Gasteiger charge is 2.20. The van der Waals surface area contributed by atoms with Gasteiger partial charge in [0.05, 0.1) is 12.2 Å². The third kappa shape index (κ3) is 4.70. The lowest BCUT2D eigenvalue weighted by Crippen LogP contribution is -2.49. The zero-order valence-corrected chi connectivity index (χ0v) is 14.0. The number of aromatic hydroxyl groups is 1. The lowest BCUT2D eigenvalue weighted by atomic mass is 10.2. The average molecular weight is 343 g/mol. The number of phenolic OH excluding ortho intramolecular Hbond substituents is 1. The Morgan fingerprint density at radius 2 is 1.72 bits per heavy atom. The zero-order valence-electron chi connectivity index (χ0n) is 14.0. The number of hydrogen-bond acceptors (Lipinski definition) is 4. The van der Waals surface area contributed by atoms with E-state index in [1.54, 1.807) is 24.3 Å². The number of carbonyl (C=O) groups is 1. The lowest BCUT2D eigenvalue weighted by molar-refractivity contribution is -0.122. The standard InChI is InChI=1S/C19H22FN3O2/c20-16-7-5-15(6-8-16)13-21-19(25)14-22-9-11-23(12-10-22)17-3-1-2-4-18(17)24/h1-8,24H,9-14H2,(H,21,25). The second kappa shape index (κ2) is 7.98. The number of benzene rings is 2. The summed E-state index contributed by atoms with van der Waals surface area (Å²) in [6.07, 6.45) is 0. The van der Waals surface area contributed by atoms with Gasteiger partial charge in [0, 0.05) is 32.7 Å². The fraction of sp³-hybridized carbons (Fsp3) is 0.316. The first-order valence-electron chi connectivity index (χ1n) is 8.38. The molecule has 0 radical (unpaired) electrons. The summed E-state index contributed by atoms with van der Waals surface area (Å²) in [6, 6.07) is 13.4. The van der Waals surface area contributed by atoms with E-state index in [1.807, 2.05) is 12.1 Å². The predicted octanol–water partition coefficient (Wildman–Crippen LogP) is 1.97. The van der Waals surface area contributed by atoms with Crippen molar-refractivity contribution in [1.82, 2.24) is 10.2 Å². The van der Waals surface area contributed by atoms with Crippen LogP contribution < -0.4 is 10.2 Å². The third-order valence-corrected chi connectivity index (χ3v) is 4.36. The van der Waals surface area contributed by atoms with E-state index in [1.165, 1.54) is 12.1 Å². The van der Waals surface area contributed by atoms with E-state index < -0.39 is 0 Å². The molecule has 1 heterocycles. The number of nitrogens with one attached hydrogen (secondary N) is 1. The first-order chi connectivity index (χ1) is 12.1. The fourth-order valence-corrected chi connectivity index (χ4v) is 2.94. The van der Waals surface area contributed by atoms with Crippen molar-refractivity contribution in [2.45, 2.75) is 6.54 Å². The quantitative estimate of drug-likeness (QED) is 0.872. The van der Waals surface area contributed by atoms with Crippen LogP contribution in [0.2, 0.25) is 0 Å². The van der Waals surface area contributed by atoms with Crippen LogP contribution in [0.15, 0.2) is 48.5 Å². The van der Waals surface area contributed by atoms with Crippen LogP contribution in [-0.4, -0.2) is 48.6 Å². The molecule has 0 aliphatic carbocycles. The van der Waals surface area contributed by atoms with Gasteiger partial charge in [-0.25, -0.2) is 4.39 Å². The summed E-state index contributed by atoms with van der Waals surface area (Å²) >= 11 is 0. The van der Waals surface area contributed by atoms with Crippen molar-refractivity contribution in [3.05, 3.63) is 59.9 Å². The minimum Gasteiger partial charge on any atom is -0.506 e. The molecule has 3 rings (SSSR count). The Morgan fingerprint density at radius 1 is 1.04 bits per heavy atom. The lowest BCUT2D eigenvalue weighted by Gasteiger charge is -2.35. The van der Waals surface area contributed by atoms with Gasteiger partial charge in [-0.2, -0.15) is 0 Å². The minimum absolute atomic E-state index is 0.0414. The number of piperazine rings is 1. The summed E-state index contributed by atoms with van der Waals surface area (Å²) in [7, 11) is 0. The molecule has 0 saturated carbocycles. The van der Waals surface area contributed by atoms with Gasteiger partial charge in [-0.15, -0.1) is 0 Å². The Labute approximate surface area is 146 Å². The van der Waals surface area contributed by atoms with Gasteiger partial charge in [-0.05, 0) is 29.8 Å². The molecule has 2 aromatic rings. The Balaban J connectivity index is 1.43. The van der Waals surface area contributed by atoms with Crippen LogP contribution in [0.25, 0.3) is 0 Å². The summed E-state index contributed by atoms with van der Waals surface area (Å²) in [5, 5.41) is 12.8. The normalized spacial score (nSPS) is 15.2. The number of halogens is 1. The van der Waals surface area contributed by atoms with Crippen LogP contribution in [0.1, 0.15) is 5.56 Å². The number of nitrogens with zero attached hydrogens (tertiary/aromatic N) is 2. The molecule has 1 saturated heterocycles. The van der Waals surface area contributed by atoms with E-state index in [0.29, 0.717) is 13.1 Å². The second-order valence-corrected chi connectivity index (χ2v) is 6.16. The predicted molar refractivity (Wildman–Crippen MR) is 95.0 cm³/mol. The maximum Gasteiger partial charge on any atom is 0.234 e. The molecule has 0 aromatic heterocycles. The van der Waals surface area contributed by atoms with E-state index in [4.69, 9.17) is 0 Å². The van der Waals surface area contributed by atoms with Crippen LogP contribution in [0.3, 0.4) is 0 Å². The molecule has 0 unspecified atom stereocenters. The number of amides is 1. The highest BCUT2D eigenvalue weighted by Crippen LogP contribution is 2.27. The van der Waals surface area contributed by atoms with Gasteiger partial charge in [-0.3, -0.25) is 9.69 Å². The van der Waals surface area contributed by atoms with Gasteiger partial charge in [0.15, 0.2) is 0 Å². The zero-order chi connectivity index (χ0) is 17.6. The van der Waals surface area contributed by atoms with Crippen LogP contribution in [-0.2, 0) is 11.3 Å². The van der Waals surface area contributed by atoms with Crippen LogP contribution in [0, 0.1) is 5.82 Å². The van der Waals surface area contributed by atoms with E-state index in [0.717, 1.165) is 37.4 Å². The van der Waals surface area contributed by atoms with Gasteiger partial charge in [0.25, 0.3) is 0 Å². The molecule has 6 heteroatoms. The highest BCUT2D eigenvalue weighted by molar-refractivity contribution is 5.78. The molecule has 0 bridgehead atoms. The molecular weight excluding hydrogens is 321 g/mol. The number of carbonyl (C=O) groups excluding carboxylic acids is 1. The molecule has 1 fully saturated rings. The molecule has 2 N–H and O–H groups in total. The number of anilines is 1. The highest BCUT2D eigenvalue weighted by atomic mass is 19.1. The summed E-state index contributed by atoms with van der Waals surface area (Å²) < 4.78 is 12.9. The number of phenols is 1. The molecule has 5 nitrogen and oxygen atoms in total. The molecule has 132 valence electrons. The Morgan fingerprint density at radius 3 is 2.40 bits per heavy atom. The van der Waals surface area contributed by atoms with Crippen LogP contribution in [0.5, 0.6) is 5.75 Å². The van der Waals surface area contributed by atoms with Gasteiger partial charge >= 0.3 is 0 Å². The first kappa shape index (κ1) is 17.2. The maximum absolute atomic E-state index is 12.9. The molecule has 1 aliphatic heterocycles. The first-order valence-corrected chi connectivity index (χ1v) is 8.38. The van der Waals surface area contributed by atoms with Crippen molar-refractivity contribution in [3.8, 4) is 5.75 Å². The molecule has 25 heavy (non-hydrogen) atoms. The van der Waals surface area contributed by atoms with Gasteiger partial charge in [0.2, 0.25) is 5.91 Å². The van der Waals surface area contributed by atoms with Crippen molar-refractivity contribution in [3.63, 3.8) is 0 Å². The number of para-hydroxylation sites is 2. The summed E-state index contributed by atoms with van der Waals surface area (Å²) in [5.74, 6) is -0.0364. The summed E-state index contributed by atoms with van der Waals surface area (Å²) in [6.45, 7) is 3.80. The Kier molecular flexibility index (Phi) is 5.50. The smallest absolute Gasteiger partial charge is 0.234 e. The van der Waals surface area contributed by atoms with E-state index in [2.05, 4.69) is 15.1 Å². The molecule has 2 aromatic carbocycles. The number of hydrogen-bond donors (Lipinski definition) is 2. The van der Waals surface area contributed by atoms with Crippen LogP contribution >= 0.6 is 0 Å². The van der Waals surface area contributed by atoms with E-state index in [-0.39, 0.29) is 17.5 Å². The third-order valence-electron chi connectivity index (χ3n) is 4.36. The van der Waals surface area contributed by atoms with Gasteiger partial charge in [-0.1, -0.05) is 24.3 Å². The average Bonchev–Trinajstić information content (AvgIpc) is 2.62. The topological polar surface area (TPSA) is 55.8 Å². The molecule has 1 amide bonds. The SMILES string of the molecule is O=C(CN1CCN(c2ccccc2O)CC1)NCc1ccc(F)cc1. The maximum atomic E-state index is 12.9. The summed E-state index contributed by atoms with van der Waals surface area (Å²) in [5.41, 5.74) is 1.71. The van der Waals surface area contributed by atoms with Crippen molar-refractivity contribution in [2.75, 3.05) is 37.6 Å². The van der Waals surface area contributed by atoms with Crippen LogP contribution in [0.4, 0.5) is 10.1 Å². The largest absolute Gasteiger partial charge is 0.506 e. The Hall–Kier alpha value is -2.60. The van der Waals surface area contributed by atoms with E-state index in [9.17, 15) is 14.3 Å². The van der Waals surface area contributed by atoms with Crippen molar-refractivity contribution >= 4 is 11.6 Å². The van der Waals surface area contributed by atoms with E-state index >= 15 is 0 Å². The molecular formula is C19H22FN3O2. The van der Waals surface area contributed by atoms with Crippen molar-refractivity contribution in [2.24, 2.45) is 0 Å². The molecule has 0 atom stereocenters. The van der Waals surface area contributed by atoms with Gasteiger partial charge < -0.3 is 15.3 Å². The second-order valence-electron chi connectivity index (χ2n) is 6.16. The summed E-state index contributed by atoms with van der Waals surface area (Å²) in [4.78, 5) is 16.3. The monoisotopic (exact) mass is 343 g/mol. The fourth-order valence-electron chi connectivity index (χ4n) is 2.94. The molecule has 1 aliphatic rings.